The van der Waals surface area contributed by atoms with Crippen LogP contribution in [0.15, 0.2) is 30.5 Å². The molecule has 2 aromatic rings. The van der Waals surface area contributed by atoms with E-state index in [9.17, 15) is 9.90 Å². The Kier molecular flexibility index (Phi) is 4.14. The maximum absolute atomic E-state index is 12.0. The van der Waals surface area contributed by atoms with E-state index in [2.05, 4.69) is 10.3 Å². The van der Waals surface area contributed by atoms with Crippen LogP contribution >= 0.6 is 0 Å². The van der Waals surface area contributed by atoms with Crippen molar-refractivity contribution in [1.29, 1.82) is 0 Å². The highest BCUT2D eigenvalue weighted by Gasteiger charge is 2.25. The Labute approximate surface area is 119 Å². The third-order valence-electron chi connectivity index (χ3n) is 3.91. The molecule has 0 aliphatic heterocycles. The first-order chi connectivity index (χ1) is 9.40. The van der Waals surface area contributed by atoms with Crippen molar-refractivity contribution in [1.82, 2.24) is 10.3 Å². The van der Waals surface area contributed by atoms with Crippen molar-refractivity contribution in [2.45, 2.75) is 32.8 Å². The van der Waals surface area contributed by atoms with Crippen LogP contribution in [0, 0.1) is 5.92 Å². The molecule has 1 atom stereocenters. The van der Waals surface area contributed by atoms with Gasteiger partial charge in [0.25, 0.3) is 0 Å². The molecule has 0 spiro atoms. The molecule has 0 saturated carbocycles. The lowest BCUT2D eigenvalue weighted by molar-refractivity contribution is -0.122. The summed E-state index contributed by atoms with van der Waals surface area (Å²) < 4.78 is 0. The molecule has 0 fully saturated rings. The van der Waals surface area contributed by atoms with Crippen molar-refractivity contribution in [3.63, 3.8) is 0 Å². The summed E-state index contributed by atoms with van der Waals surface area (Å²) in [4.78, 5) is 15.1. The zero-order chi connectivity index (χ0) is 14.8. The van der Waals surface area contributed by atoms with Crippen LogP contribution in [0.5, 0.6) is 0 Å². The first kappa shape index (κ1) is 14.6. The number of hydrogen-bond acceptors (Lipinski definition) is 2. The minimum absolute atomic E-state index is 0.0734. The number of aliphatic hydroxyl groups is 1. The average molecular weight is 274 g/mol. The van der Waals surface area contributed by atoms with Crippen LogP contribution in [-0.4, -0.2) is 28.1 Å². The number of carbonyl (C=O) groups is 1. The number of fused-ring (bicyclic) bond motifs is 1. The highest BCUT2D eigenvalue weighted by Crippen LogP contribution is 2.18. The standard InChI is InChI=1S/C16H22N2O2/c1-11(2)16(3,20)10-18-15(19)8-12-9-17-14-7-5-4-6-13(12)14/h4-7,9,11,17,20H,8,10H2,1-3H3,(H,18,19). The summed E-state index contributed by atoms with van der Waals surface area (Å²) in [6.45, 7) is 5.88. The maximum atomic E-state index is 12.0. The molecule has 0 aliphatic rings. The molecule has 1 aromatic carbocycles. The predicted molar refractivity (Wildman–Crippen MR) is 80.5 cm³/mol. The van der Waals surface area contributed by atoms with Gasteiger partial charge in [-0.2, -0.15) is 0 Å². The Bertz CT molecular complexity index is 599. The summed E-state index contributed by atoms with van der Waals surface area (Å²) in [6.07, 6.45) is 2.18. The fourth-order valence-electron chi connectivity index (χ4n) is 2.00. The van der Waals surface area contributed by atoms with Crippen LogP contribution in [0.3, 0.4) is 0 Å². The number of para-hydroxylation sites is 1. The van der Waals surface area contributed by atoms with Gasteiger partial charge < -0.3 is 15.4 Å². The van der Waals surface area contributed by atoms with Gasteiger partial charge in [-0.05, 0) is 24.5 Å². The Morgan fingerprint density at radius 2 is 2.10 bits per heavy atom. The lowest BCUT2D eigenvalue weighted by Gasteiger charge is -2.27. The summed E-state index contributed by atoms with van der Waals surface area (Å²) in [5.41, 5.74) is 1.13. The molecule has 4 heteroatoms. The molecule has 108 valence electrons. The van der Waals surface area contributed by atoms with Crippen molar-refractivity contribution >= 4 is 16.8 Å². The molecule has 0 bridgehead atoms. The van der Waals surface area contributed by atoms with Gasteiger partial charge >= 0.3 is 0 Å². The van der Waals surface area contributed by atoms with Crippen LogP contribution in [0.2, 0.25) is 0 Å². The third-order valence-corrected chi connectivity index (χ3v) is 3.91. The van der Waals surface area contributed by atoms with Gasteiger partial charge in [0.15, 0.2) is 0 Å². The van der Waals surface area contributed by atoms with Gasteiger partial charge in [0.05, 0.1) is 12.0 Å². The van der Waals surface area contributed by atoms with Crippen molar-refractivity contribution < 1.29 is 9.90 Å². The molecule has 1 unspecified atom stereocenters. The largest absolute Gasteiger partial charge is 0.388 e. The number of carbonyl (C=O) groups excluding carboxylic acids is 1. The molecular weight excluding hydrogens is 252 g/mol. The van der Waals surface area contributed by atoms with Crippen molar-refractivity contribution in [3.05, 3.63) is 36.0 Å². The van der Waals surface area contributed by atoms with Crippen LogP contribution < -0.4 is 5.32 Å². The van der Waals surface area contributed by atoms with Gasteiger partial charge in [0, 0.05) is 23.6 Å². The first-order valence-corrected chi connectivity index (χ1v) is 6.94. The highest BCUT2D eigenvalue weighted by atomic mass is 16.3. The van der Waals surface area contributed by atoms with Crippen molar-refractivity contribution in [2.75, 3.05) is 6.54 Å². The van der Waals surface area contributed by atoms with Gasteiger partial charge in [-0.15, -0.1) is 0 Å². The van der Waals surface area contributed by atoms with E-state index < -0.39 is 5.60 Å². The van der Waals surface area contributed by atoms with Crippen LogP contribution in [0.1, 0.15) is 26.3 Å². The molecule has 3 N–H and O–H groups in total. The summed E-state index contributed by atoms with van der Waals surface area (Å²) in [6, 6.07) is 7.91. The maximum Gasteiger partial charge on any atom is 0.224 e. The number of aromatic nitrogens is 1. The van der Waals surface area contributed by atoms with E-state index in [4.69, 9.17) is 0 Å². The number of rotatable bonds is 5. The highest BCUT2D eigenvalue weighted by molar-refractivity contribution is 5.88. The number of benzene rings is 1. The van der Waals surface area contributed by atoms with E-state index >= 15 is 0 Å². The third kappa shape index (κ3) is 3.20. The first-order valence-electron chi connectivity index (χ1n) is 6.94. The normalized spacial score (nSPS) is 14.4. The lowest BCUT2D eigenvalue weighted by Crippen LogP contribution is -2.44. The van der Waals surface area contributed by atoms with E-state index in [1.165, 1.54) is 0 Å². The summed E-state index contributed by atoms with van der Waals surface area (Å²) in [7, 11) is 0. The minimum Gasteiger partial charge on any atom is -0.388 e. The summed E-state index contributed by atoms with van der Waals surface area (Å²) in [5.74, 6) is 0.0200. The fraction of sp³-hybridized carbons (Fsp3) is 0.438. The van der Waals surface area contributed by atoms with E-state index in [0.29, 0.717) is 6.42 Å². The molecule has 0 radical (unpaired) electrons. The zero-order valence-corrected chi connectivity index (χ0v) is 12.2. The molecular formula is C16H22N2O2. The van der Waals surface area contributed by atoms with Gasteiger partial charge in [-0.3, -0.25) is 4.79 Å². The van der Waals surface area contributed by atoms with Crippen LogP contribution in [0.25, 0.3) is 10.9 Å². The average Bonchev–Trinajstić information content (AvgIpc) is 2.80. The quantitative estimate of drug-likeness (QED) is 0.783. The molecule has 4 nitrogen and oxygen atoms in total. The number of hydrogen-bond donors (Lipinski definition) is 3. The Morgan fingerprint density at radius 1 is 1.40 bits per heavy atom. The molecule has 0 saturated heterocycles. The molecule has 1 heterocycles. The van der Waals surface area contributed by atoms with Crippen molar-refractivity contribution in [2.24, 2.45) is 5.92 Å². The smallest absolute Gasteiger partial charge is 0.224 e. The van der Waals surface area contributed by atoms with Gasteiger partial charge in [-0.25, -0.2) is 0 Å². The lowest BCUT2D eigenvalue weighted by atomic mass is 9.92. The van der Waals surface area contributed by atoms with E-state index in [0.717, 1.165) is 16.5 Å². The van der Waals surface area contributed by atoms with E-state index in [1.54, 1.807) is 6.92 Å². The Hall–Kier alpha value is -1.81. The number of nitrogens with one attached hydrogen (secondary N) is 2. The predicted octanol–water partition coefficient (Wildman–Crippen LogP) is 2.23. The van der Waals surface area contributed by atoms with Gasteiger partial charge in [-0.1, -0.05) is 32.0 Å². The second kappa shape index (κ2) is 5.67. The SMILES string of the molecule is CC(C)C(C)(O)CNC(=O)Cc1c[nH]c2ccccc12. The van der Waals surface area contributed by atoms with Crippen LogP contribution in [-0.2, 0) is 11.2 Å². The van der Waals surface area contributed by atoms with Gasteiger partial charge in [0.1, 0.15) is 0 Å². The molecule has 20 heavy (non-hydrogen) atoms. The number of aromatic amines is 1. The Morgan fingerprint density at radius 3 is 2.80 bits per heavy atom. The number of amides is 1. The molecule has 2 rings (SSSR count). The molecule has 1 aromatic heterocycles. The van der Waals surface area contributed by atoms with Crippen molar-refractivity contribution in [3.8, 4) is 0 Å². The van der Waals surface area contributed by atoms with E-state index in [-0.39, 0.29) is 18.4 Å². The second-order valence-corrected chi connectivity index (χ2v) is 5.82. The summed E-state index contributed by atoms with van der Waals surface area (Å²) >= 11 is 0. The van der Waals surface area contributed by atoms with Crippen LogP contribution in [0.4, 0.5) is 0 Å². The second-order valence-electron chi connectivity index (χ2n) is 5.82. The topological polar surface area (TPSA) is 65.1 Å². The Balaban J connectivity index is 1.98. The van der Waals surface area contributed by atoms with E-state index in [1.807, 2.05) is 44.3 Å². The minimum atomic E-state index is -0.879. The molecule has 0 aliphatic carbocycles. The fourth-order valence-corrected chi connectivity index (χ4v) is 2.00. The number of H-pyrrole nitrogens is 1. The monoisotopic (exact) mass is 274 g/mol. The summed E-state index contributed by atoms with van der Waals surface area (Å²) in [5, 5.41) is 14.0. The zero-order valence-electron chi connectivity index (χ0n) is 12.2. The molecule has 1 amide bonds. The van der Waals surface area contributed by atoms with Gasteiger partial charge in [0.2, 0.25) is 5.91 Å².